The van der Waals surface area contributed by atoms with Gasteiger partial charge in [-0.2, -0.15) is 5.10 Å². The van der Waals surface area contributed by atoms with Gasteiger partial charge in [0.1, 0.15) is 11.6 Å². The van der Waals surface area contributed by atoms with Crippen LogP contribution < -0.4 is 5.32 Å². The second-order valence-electron chi connectivity index (χ2n) is 5.00. The Kier molecular flexibility index (Phi) is 4.66. The summed E-state index contributed by atoms with van der Waals surface area (Å²) in [5, 5.41) is 20.0. The van der Waals surface area contributed by atoms with Gasteiger partial charge in [-0.25, -0.2) is 0 Å². The first kappa shape index (κ1) is 15.9. The first-order valence-electron chi connectivity index (χ1n) is 7.21. The minimum Gasteiger partial charge on any atom is -0.349 e. The van der Waals surface area contributed by atoms with Crippen LogP contribution in [0.5, 0.6) is 0 Å². The molecule has 24 heavy (non-hydrogen) atoms. The summed E-state index contributed by atoms with van der Waals surface area (Å²) in [6.07, 6.45) is 3.49. The fourth-order valence-electron chi connectivity index (χ4n) is 2.38. The molecule has 2 aromatic heterocycles. The summed E-state index contributed by atoms with van der Waals surface area (Å²) in [5.41, 5.74) is -0.158. The lowest BCUT2D eigenvalue weighted by molar-refractivity contribution is -0.385. The second-order valence-corrected chi connectivity index (χ2v) is 5.98. The normalized spacial score (nSPS) is 11.8. The minimum atomic E-state index is -0.556. The number of nitrogens with zero attached hydrogens (tertiary/aromatic N) is 3. The quantitative estimate of drug-likeness (QED) is 0.551. The molecule has 1 N–H and O–H groups in total. The molecular formula is C16H14N4O3S. The maximum Gasteiger partial charge on any atom is 0.282 e. The van der Waals surface area contributed by atoms with Crippen LogP contribution in [0.2, 0.25) is 0 Å². The number of nitro benzene ring substituents is 1. The largest absolute Gasteiger partial charge is 0.349 e. The third-order valence-electron chi connectivity index (χ3n) is 3.52. The number of carbonyl (C=O) groups excluding carboxylic acids is 1. The van der Waals surface area contributed by atoms with Crippen LogP contribution in [0.15, 0.2) is 60.2 Å². The van der Waals surface area contributed by atoms with Crippen molar-refractivity contribution in [3.8, 4) is 0 Å². The Hall–Kier alpha value is -3.00. The van der Waals surface area contributed by atoms with Crippen LogP contribution in [-0.4, -0.2) is 27.2 Å². The minimum absolute atomic E-state index is 0.0490. The van der Waals surface area contributed by atoms with E-state index in [4.69, 9.17) is 0 Å². The molecule has 0 saturated heterocycles. The van der Waals surface area contributed by atoms with Crippen LogP contribution in [0.1, 0.15) is 21.3 Å². The second kappa shape index (κ2) is 7.05. The van der Waals surface area contributed by atoms with Crippen LogP contribution in [0.4, 0.5) is 5.69 Å². The molecule has 0 radical (unpaired) electrons. The van der Waals surface area contributed by atoms with Crippen molar-refractivity contribution in [1.82, 2.24) is 15.1 Å². The summed E-state index contributed by atoms with van der Waals surface area (Å²) >= 11 is 1.56. The maximum atomic E-state index is 12.4. The van der Waals surface area contributed by atoms with E-state index in [0.29, 0.717) is 0 Å². The third-order valence-corrected chi connectivity index (χ3v) is 4.49. The zero-order valence-electron chi connectivity index (χ0n) is 12.5. The predicted molar refractivity (Wildman–Crippen MR) is 90.1 cm³/mol. The highest BCUT2D eigenvalue weighted by atomic mass is 32.1. The van der Waals surface area contributed by atoms with Crippen molar-refractivity contribution < 1.29 is 9.72 Å². The SMILES string of the molecule is O=C(NCC(c1cccs1)n1cccn1)c1ccccc1[N+](=O)[O-]. The molecule has 2 heterocycles. The lowest BCUT2D eigenvalue weighted by Crippen LogP contribution is -2.31. The van der Waals surface area contributed by atoms with Gasteiger partial charge >= 0.3 is 0 Å². The predicted octanol–water partition coefficient (Wildman–Crippen LogP) is 2.87. The number of para-hydroxylation sites is 1. The van der Waals surface area contributed by atoms with E-state index in [1.165, 1.54) is 18.2 Å². The van der Waals surface area contributed by atoms with Crippen LogP contribution in [0, 0.1) is 10.1 Å². The van der Waals surface area contributed by atoms with Gasteiger partial charge in [0.15, 0.2) is 0 Å². The number of carbonyl (C=O) groups is 1. The Balaban J connectivity index is 1.78. The smallest absolute Gasteiger partial charge is 0.282 e. The summed E-state index contributed by atoms with van der Waals surface area (Å²) < 4.78 is 1.76. The number of hydrogen-bond acceptors (Lipinski definition) is 5. The molecule has 0 aliphatic carbocycles. The average molecular weight is 342 g/mol. The lowest BCUT2D eigenvalue weighted by atomic mass is 10.1. The van der Waals surface area contributed by atoms with Crippen molar-refractivity contribution in [2.24, 2.45) is 0 Å². The molecule has 1 aromatic carbocycles. The molecule has 8 heteroatoms. The Labute approximate surface area is 141 Å². The van der Waals surface area contributed by atoms with E-state index in [-0.39, 0.29) is 23.8 Å². The van der Waals surface area contributed by atoms with E-state index in [2.05, 4.69) is 10.4 Å². The summed E-state index contributed by atoms with van der Waals surface area (Å²) in [4.78, 5) is 23.9. The van der Waals surface area contributed by atoms with E-state index < -0.39 is 10.8 Å². The van der Waals surface area contributed by atoms with Crippen LogP contribution >= 0.6 is 11.3 Å². The molecule has 0 saturated carbocycles. The molecule has 0 spiro atoms. The van der Waals surface area contributed by atoms with Crippen molar-refractivity contribution in [2.45, 2.75) is 6.04 Å². The molecule has 1 atom stereocenters. The molecular weight excluding hydrogens is 328 g/mol. The first-order valence-corrected chi connectivity index (χ1v) is 8.09. The Morgan fingerprint density at radius 3 is 2.79 bits per heavy atom. The molecule has 0 aliphatic rings. The Morgan fingerprint density at radius 2 is 2.12 bits per heavy atom. The van der Waals surface area contributed by atoms with Crippen molar-refractivity contribution in [1.29, 1.82) is 0 Å². The molecule has 3 rings (SSSR count). The van der Waals surface area contributed by atoms with Gasteiger partial charge in [-0.1, -0.05) is 18.2 Å². The van der Waals surface area contributed by atoms with E-state index in [9.17, 15) is 14.9 Å². The van der Waals surface area contributed by atoms with Crippen LogP contribution in [0.25, 0.3) is 0 Å². The number of thiophene rings is 1. The molecule has 122 valence electrons. The number of benzene rings is 1. The highest BCUT2D eigenvalue weighted by Gasteiger charge is 2.21. The van der Waals surface area contributed by atoms with Crippen molar-refractivity contribution in [3.63, 3.8) is 0 Å². The van der Waals surface area contributed by atoms with Gasteiger partial charge in [0, 0.05) is 29.9 Å². The highest BCUT2D eigenvalue weighted by molar-refractivity contribution is 7.10. The fraction of sp³-hybridized carbons (Fsp3) is 0.125. The summed E-state index contributed by atoms with van der Waals surface area (Å²) in [7, 11) is 0. The standard InChI is InChI=1S/C16H14N4O3S/c21-16(12-5-1-2-6-13(12)20(22)23)17-11-14(15-7-3-10-24-15)19-9-4-8-18-19/h1-10,14H,11H2,(H,17,21). The van der Waals surface area contributed by atoms with E-state index in [1.54, 1.807) is 28.3 Å². The first-order chi connectivity index (χ1) is 11.7. The molecule has 0 bridgehead atoms. The van der Waals surface area contributed by atoms with Crippen molar-refractivity contribution in [2.75, 3.05) is 6.54 Å². The van der Waals surface area contributed by atoms with E-state index in [1.807, 2.05) is 29.8 Å². The number of amides is 1. The van der Waals surface area contributed by atoms with Gasteiger partial charge in [-0.3, -0.25) is 19.6 Å². The summed E-state index contributed by atoms with van der Waals surface area (Å²) in [6, 6.07) is 11.4. The fourth-order valence-corrected chi connectivity index (χ4v) is 3.20. The van der Waals surface area contributed by atoms with Gasteiger partial charge in [0.25, 0.3) is 11.6 Å². The zero-order valence-corrected chi connectivity index (χ0v) is 13.3. The van der Waals surface area contributed by atoms with Crippen LogP contribution in [0.3, 0.4) is 0 Å². The van der Waals surface area contributed by atoms with Gasteiger partial charge in [-0.05, 0) is 23.6 Å². The van der Waals surface area contributed by atoms with Gasteiger partial charge in [-0.15, -0.1) is 11.3 Å². The molecule has 7 nitrogen and oxygen atoms in total. The monoisotopic (exact) mass is 342 g/mol. The molecule has 0 fully saturated rings. The summed E-state index contributed by atoms with van der Waals surface area (Å²) in [6.45, 7) is 0.285. The topological polar surface area (TPSA) is 90.1 Å². The van der Waals surface area contributed by atoms with E-state index in [0.717, 1.165) is 4.88 Å². The lowest BCUT2D eigenvalue weighted by Gasteiger charge is -2.17. The van der Waals surface area contributed by atoms with Gasteiger partial charge in [0.2, 0.25) is 0 Å². The number of rotatable bonds is 6. The number of hydrogen-bond donors (Lipinski definition) is 1. The number of nitro groups is 1. The molecule has 1 amide bonds. The molecule has 3 aromatic rings. The van der Waals surface area contributed by atoms with Crippen molar-refractivity contribution >= 4 is 22.9 Å². The highest BCUT2D eigenvalue weighted by Crippen LogP contribution is 2.22. The maximum absolute atomic E-state index is 12.4. The van der Waals surface area contributed by atoms with E-state index >= 15 is 0 Å². The zero-order chi connectivity index (χ0) is 16.9. The summed E-state index contributed by atoms with van der Waals surface area (Å²) in [5.74, 6) is -0.476. The van der Waals surface area contributed by atoms with Gasteiger partial charge < -0.3 is 5.32 Å². The van der Waals surface area contributed by atoms with Crippen molar-refractivity contribution in [3.05, 3.63) is 80.8 Å². The van der Waals surface area contributed by atoms with Crippen LogP contribution in [-0.2, 0) is 0 Å². The molecule has 0 aliphatic heterocycles. The third kappa shape index (κ3) is 3.33. The molecule has 1 unspecified atom stereocenters. The average Bonchev–Trinajstić information content (AvgIpc) is 3.29. The Bertz CT molecular complexity index is 797. The number of aromatic nitrogens is 2. The number of nitrogens with one attached hydrogen (secondary N) is 1. The Morgan fingerprint density at radius 1 is 1.29 bits per heavy atom. The van der Waals surface area contributed by atoms with Gasteiger partial charge in [0.05, 0.1) is 4.92 Å².